The van der Waals surface area contributed by atoms with Crippen LogP contribution in [0.15, 0.2) is 18.3 Å². The van der Waals surface area contributed by atoms with Gasteiger partial charge in [0.1, 0.15) is 12.1 Å². The molecule has 180 valence electrons. The van der Waals surface area contributed by atoms with Gasteiger partial charge in [-0.1, -0.05) is 0 Å². The molecule has 1 aromatic rings. The molecule has 1 unspecified atom stereocenters. The molecule has 3 amide bonds. The van der Waals surface area contributed by atoms with Crippen LogP contribution >= 0.6 is 0 Å². The normalized spacial score (nSPS) is 26.6. The minimum Gasteiger partial charge on any atom is -0.477 e. The first kappa shape index (κ1) is 23.5. The monoisotopic (exact) mass is 457 g/mol. The summed E-state index contributed by atoms with van der Waals surface area (Å²) in [6.07, 6.45) is 4.27. The Bertz CT molecular complexity index is 893. The molecule has 0 N–H and O–H groups in total. The number of piperidine rings is 1. The Kier molecular flexibility index (Phi) is 7.17. The molecule has 3 aliphatic rings. The number of rotatable bonds is 5. The summed E-state index contributed by atoms with van der Waals surface area (Å²) in [5, 5.41) is 0. The Hall–Kier alpha value is -2.68. The van der Waals surface area contributed by atoms with Crippen molar-refractivity contribution in [2.45, 2.75) is 45.2 Å². The lowest BCUT2D eigenvalue weighted by Gasteiger charge is -2.43. The SMILES string of the molecule is CCOc1ncccc1C(=O)N1CCN(C2CCCN(C(=O)[C@@H]3CCN(C)[C@@H]3C)C2)C(=O)C1. The molecular weight excluding hydrogens is 422 g/mol. The largest absolute Gasteiger partial charge is 0.477 e. The molecule has 0 spiro atoms. The Labute approximate surface area is 195 Å². The van der Waals surface area contributed by atoms with Crippen molar-refractivity contribution in [2.75, 3.05) is 52.9 Å². The number of carbonyl (C=O) groups is 3. The zero-order valence-electron chi connectivity index (χ0n) is 19.9. The number of hydrogen-bond acceptors (Lipinski definition) is 6. The average molecular weight is 458 g/mol. The van der Waals surface area contributed by atoms with Gasteiger partial charge in [-0.2, -0.15) is 0 Å². The van der Waals surface area contributed by atoms with E-state index in [4.69, 9.17) is 4.74 Å². The van der Waals surface area contributed by atoms with Gasteiger partial charge in [0.15, 0.2) is 0 Å². The molecule has 0 aromatic carbocycles. The lowest BCUT2D eigenvalue weighted by atomic mass is 9.96. The van der Waals surface area contributed by atoms with Gasteiger partial charge in [0.05, 0.1) is 12.5 Å². The molecule has 1 aromatic heterocycles. The number of ether oxygens (including phenoxy) is 1. The van der Waals surface area contributed by atoms with Crippen LogP contribution in [0.1, 0.15) is 43.5 Å². The van der Waals surface area contributed by atoms with Gasteiger partial charge in [0, 0.05) is 44.5 Å². The Balaban J connectivity index is 1.37. The van der Waals surface area contributed by atoms with Crippen LogP contribution in [0.4, 0.5) is 0 Å². The van der Waals surface area contributed by atoms with Gasteiger partial charge in [-0.3, -0.25) is 14.4 Å². The Morgan fingerprint density at radius 2 is 1.97 bits per heavy atom. The van der Waals surface area contributed by atoms with E-state index in [0.29, 0.717) is 37.7 Å². The highest BCUT2D eigenvalue weighted by molar-refractivity contribution is 5.98. The zero-order valence-corrected chi connectivity index (χ0v) is 19.9. The summed E-state index contributed by atoms with van der Waals surface area (Å²) in [6.45, 7) is 7.64. The summed E-state index contributed by atoms with van der Waals surface area (Å²) in [6, 6.07) is 3.65. The summed E-state index contributed by atoms with van der Waals surface area (Å²) in [4.78, 5) is 51.1. The van der Waals surface area contributed by atoms with Gasteiger partial charge in [-0.25, -0.2) is 4.98 Å². The first-order valence-electron chi connectivity index (χ1n) is 12.1. The van der Waals surface area contributed by atoms with E-state index in [1.165, 1.54) is 0 Å². The molecule has 9 nitrogen and oxygen atoms in total. The van der Waals surface area contributed by atoms with Crippen molar-refractivity contribution in [1.82, 2.24) is 24.6 Å². The molecule has 0 saturated carbocycles. The fourth-order valence-electron chi connectivity index (χ4n) is 5.29. The topological polar surface area (TPSA) is 86.3 Å². The molecule has 3 atom stereocenters. The number of carbonyl (C=O) groups excluding carboxylic acids is 3. The van der Waals surface area contributed by atoms with Gasteiger partial charge in [0.25, 0.3) is 5.91 Å². The number of likely N-dealkylation sites (tertiary alicyclic amines) is 2. The molecule has 3 aliphatic heterocycles. The third-order valence-electron chi connectivity index (χ3n) is 7.36. The smallest absolute Gasteiger partial charge is 0.259 e. The third kappa shape index (κ3) is 4.83. The fraction of sp³-hybridized carbons (Fsp3) is 0.667. The van der Waals surface area contributed by atoms with Crippen LogP contribution in [0.2, 0.25) is 0 Å². The minimum absolute atomic E-state index is 0.0132. The molecule has 9 heteroatoms. The maximum atomic E-state index is 13.2. The fourth-order valence-corrected chi connectivity index (χ4v) is 5.29. The van der Waals surface area contributed by atoms with Crippen LogP contribution in [0.3, 0.4) is 0 Å². The highest BCUT2D eigenvalue weighted by Gasteiger charge is 2.40. The van der Waals surface area contributed by atoms with Gasteiger partial charge in [-0.05, 0) is 58.8 Å². The average Bonchev–Trinajstić information content (AvgIpc) is 3.16. The van der Waals surface area contributed by atoms with Crippen molar-refractivity contribution >= 4 is 17.7 Å². The highest BCUT2D eigenvalue weighted by atomic mass is 16.5. The maximum Gasteiger partial charge on any atom is 0.259 e. The molecule has 4 rings (SSSR count). The van der Waals surface area contributed by atoms with E-state index in [0.717, 1.165) is 32.4 Å². The summed E-state index contributed by atoms with van der Waals surface area (Å²) in [5.74, 6) is 0.257. The number of piperazine rings is 1. The number of pyridine rings is 1. The first-order valence-corrected chi connectivity index (χ1v) is 12.1. The Morgan fingerprint density at radius 3 is 2.67 bits per heavy atom. The Morgan fingerprint density at radius 1 is 1.15 bits per heavy atom. The number of amides is 3. The molecule has 3 saturated heterocycles. The summed E-state index contributed by atoms with van der Waals surface area (Å²) >= 11 is 0. The van der Waals surface area contributed by atoms with E-state index in [1.54, 1.807) is 23.2 Å². The van der Waals surface area contributed by atoms with Crippen molar-refractivity contribution in [3.05, 3.63) is 23.9 Å². The third-order valence-corrected chi connectivity index (χ3v) is 7.36. The number of aromatic nitrogens is 1. The van der Waals surface area contributed by atoms with Crippen LogP contribution in [-0.4, -0.2) is 107 Å². The lowest BCUT2D eigenvalue weighted by Crippen LogP contribution is -2.59. The van der Waals surface area contributed by atoms with E-state index in [2.05, 4.69) is 23.9 Å². The number of nitrogens with zero attached hydrogens (tertiary/aromatic N) is 5. The zero-order chi connectivity index (χ0) is 23.5. The first-order chi connectivity index (χ1) is 15.9. The summed E-state index contributed by atoms with van der Waals surface area (Å²) in [5.41, 5.74) is 0.380. The quantitative estimate of drug-likeness (QED) is 0.658. The second kappa shape index (κ2) is 10.1. The second-order valence-electron chi connectivity index (χ2n) is 9.30. The predicted molar refractivity (Wildman–Crippen MR) is 123 cm³/mol. The molecular formula is C24H35N5O4. The van der Waals surface area contributed by atoms with E-state index in [1.807, 2.05) is 16.7 Å². The molecule has 0 radical (unpaired) electrons. The van der Waals surface area contributed by atoms with Crippen LogP contribution < -0.4 is 4.74 Å². The maximum absolute atomic E-state index is 13.2. The highest BCUT2D eigenvalue weighted by Crippen LogP contribution is 2.27. The molecule has 33 heavy (non-hydrogen) atoms. The van der Waals surface area contributed by atoms with Crippen molar-refractivity contribution in [3.8, 4) is 5.88 Å². The molecule has 4 heterocycles. The van der Waals surface area contributed by atoms with E-state index in [9.17, 15) is 14.4 Å². The second-order valence-corrected chi connectivity index (χ2v) is 9.30. The van der Waals surface area contributed by atoms with Crippen molar-refractivity contribution in [1.29, 1.82) is 0 Å². The standard InChI is InChI=1S/C24H35N5O4/c1-4-33-22-20(8-5-10-25-22)24(32)28-13-14-29(21(30)16-28)18-7-6-11-27(15-18)23(31)19-9-12-26(3)17(19)2/h5,8,10,17-19H,4,6-7,9,11-16H2,1-3H3/t17-,18?,19-/m1/s1. The van der Waals surface area contributed by atoms with Crippen LogP contribution in [0.25, 0.3) is 0 Å². The van der Waals surface area contributed by atoms with E-state index in [-0.39, 0.29) is 42.3 Å². The molecule has 0 aliphatic carbocycles. The van der Waals surface area contributed by atoms with Crippen molar-refractivity contribution in [2.24, 2.45) is 5.92 Å². The van der Waals surface area contributed by atoms with Gasteiger partial charge in [0.2, 0.25) is 17.7 Å². The lowest BCUT2D eigenvalue weighted by molar-refractivity contribution is -0.144. The van der Waals surface area contributed by atoms with E-state index < -0.39 is 0 Å². The summed E-state index contributed by atoms with van der Waals surface area (Å²) < 4.78 is 5.49. The predicted octanol–water partition coefficient (Wildman–Crippen LogP) is 1.10. The van der Waals surface area contributed by atoms with Crippen LogP contribution in [-0.2, 0) is 9.59 Å². The molecule has 0 bridgehead atoms. The summed E-state index contributed by atoms with van der Waals surface area (Å²) in [7, 11) is 2.07. The van der Waals surface area contributed by atoms with Gasteiger partial charge >= 0.3 is 0 Å². The molecule has 3 fully saturated rings. The van der Waals surface area contributed by atoms with E-state index >= 15 is 0 Å². The van der Waals surface area contributed by atoms with Crippen molar-refractivity contribution < 1.29 is 19.1 Å². The number of hydrogen-bond donors (Lipinski definition) is 0. The van der Waals surface area contributed by atoms with Crippen LogP contribution in [0.5, 0.6) is 5.88 Å². The van der Waals surface area contributed by atoms with Gasteiger partial charge in [-0.15, -0.1) is 0 Å². The van der Waals surface area contributed by atoms with Gasteiger partial charge < -0.3 is 24.3 Å². The van der Waals surface area contributed by atoms with Crippen molar-refractivity contribution in [3.63, 3.8) is 0 Å². The minimum atomic E-state index is -0.237. The van der Waals surface area contributed by atoms with Crippen LogP contribution in [0, 0.1) is 5.92 Å².